The molecule has 0 saturated carbocycles. The van der Waals surface area contributed by atoms with Gasteiger partial charge in [0.05, 0.1) is 10.6 Å². The summed E-state index contributed by atoms with van der Waals surface area (Å²) in [4.78, 5) is 12.3. The van der Waals surface area contributed by atoms with Gasteiger partial charge in [0.15, 0.2) is 9.84 Å². The van der Waals surface area contributed by atoms with Gasteiger partial charge in [-0.1, -0.05) is 13.8 Å². The lowest BCUT2D eigenvalue weighted by Crippen LogP contribution is -2.50. The highest BCUT2D eigenvalue weighted by molar-refractivity contribution is 7.91. The summed E-state index contributed by atoms with van der Waals surface area (Å²) in [5.41, 5.74) is 0. The van der Waals surface area contributed by atoms with Crippen LogP contribution in [0.1, 0.15) is 20.3 Å². The highest BCUT2D eigenvalue weighted by atomic mass is 35.5. The number of sulfone groups is 1. The van der Waals surface area contributed by atoms with E-state index in [4.69, 9.17) is 0 Å². The first-order valence-corrected chi connectivity index (χ1v) is 9.44. The van der Waals surface area contributed by atoms with Crippen molar-refractivity contribution < 1.29 is 17.6 Å². The van der Waals surface area contributed by atoms with E-state index < -0.39 is 21.6 Å². The average Bonchev–Trinajstić information content (AvgIpc) is 2.49. The van der Waals surface area contributed by atoms with Gasteiger partial charge in [-0.2, -0.15) is 0 Å². The van der Waals surface area contributed by atoms with Crippen LogP contribution in [0, 0.1) is 17.7 Å². The topological polar surface area (TPSA) is 75.3 Å². The van der Waals surface area contributed by atoms with Crippen LogP contribution in [0.15, 0.2) is 29.2 Å². The summed E-state index contributed by atoms with van der Waals surface area (Å²) in [5, 5.41) is 6.20. The van der Waals surface area contributed by atoms with Crippen LogP contribution < -0.4 is 10.6 Å². The van der Waals surface area contributed by atoms with E-state index in [1.807, 2.05) is 0 Å². The van der Waals surface area contributed by atoms with Crippen molar-refractivity contribution in [2.75, 3.05) is 18.8 Å². The van der Waals surface area contributed by atoms with Crippen molar-refractivity contribution >= 4 is 28.2 Å². The molecule has 3 atom stereocenters. The van der Waals surface area contributed by atoms with E-state index in [1.165, 1.54) is 12.1 Å². The second kappa shape index (κ2) is 8.78. The average molecular weight is 379 g/mol. The molecule has 0 spiro atoms. The number of carbonyl (C=O) groups excluding carboxylic acids is 1. The van der Waals surface area contributed by atoms with E-state index in [9.17, 15) is 17.6 Å². The van der Waals surface area contributed by atoms with E-state index in [2.05, 4.69) is 17.6 Å². The Morgan fingerprint density at radius 1 is 1.38 bits per heavy atom. The van der Waals surface area contributed by atoms with Gasteiger partial charge in [0, 0.05) is 12.0 Å². The molecule has 3 unspecified atom stereocenters. The third-order valence-electron chi connectivity index (χ3n) is 4.20. The van der Waals surface area contributed by atoms with Crippen molar-refractivity contribution in [1.29, 1.82) is 0 Å². The molecule has 2 rings (SSSR count). The summed E-state index contributed by atoms with van der Waals surface area (Å²) >= 11 is 0. The summed E-state index contributed by atoms with van der Waals surface area (Å²) in [6.07, 6.45) is 0.838. The first-order chi connectivity index (χ1) is 10.8. The van der Waals surface area contributed by atoms with Gasteiger partial charge < -0.3 is 10.6 Å². The maximum absolute atomic E-state index is 12.9. The number of nitrogens with one attached hydrogen (secondary N) is 2. The molecule has 1 aliphatic heterocycles. The molecule has 8 heteroatoms. The smallest absolute Gasteiger partial charge is 0.224 e. The number of carbonyl (C=O) groups is 1. The second-order valence-electron chi connectivity index (χ2n) is 6.22. The lowest BCUT2D eigenvalue weighted by Gasteiger charge is -2.31. The second-order valence-corrected chi connectivity index (χ2v) is 8.26. The van der Waals surface area contributed by atoms with Crippen molar-refractivity contribution in [3.8, 4) is 0 Å². The predicted molar refractivity (Wildman–Crippen MR) is 93.4 cm³/mol. The fourth-order valence-corrected chi connectivity index (χ4v) is 4.25. The summed E-state index contributed by atoms with van der Waals surface area (Å²) < 4.78 is 37.5. The Morgan fingerprint density at radius 3 is 2.58 bits per heavy atom. The molecule has 0 aromatic heterocycles. The highest BCUT2D eigenvalue weighted by Crippen LogP contribution is 2.16. The number of hydrogen-bond donors (Lipinski definition) is 2. The first kappa shape index (κ1) is 20.9. The largest absolute Gasteiger partial charge is 0.353 e. The molecule has 2 N–H and O–H groups in total. The number of benzene rings is 1. The molecular formula is C16H24ClFN2O3S. The molecule has 1 saturated heterocycles. The van der Waals surface area contributed by atoms with Crippen molar-refractivity contribution in [1.82, 2.24) is 10.6 Å². The highest BCUT2D eigenvalue weighted by Gasteiger charge is 2.27. The molecule has 0 bridgehead atoms. The Kier molecular flexibility index (Phi) is 7.63. The molecule has 1 amide bonds. The molecule has 24 heavy (non-hydrogen) atoms. The maximum atomic E-state index is 12.9. The zero-order valence-electron chi connectivity index (χ0n) is 13.8. The van der Waals surface area contributed by atoms with E-state index in [0.29, 0.717) is 5.92 Å². The fraction of sp³-hybridized carbons (Fsp3) is 0.562. The van der Waals surface area contributed by atoms with Crippen LogP contribution in [0.4, 0.5) is 4.39 Å². The Labute approximate surface area is 148 Å². The Bertz CT molecular complexity index is 652. The molecule has 1 aromatic carbocycles. The van der Waals surface area contributed by atoms with Gasteiger partial charge in [-0.3, -0.25) is 4.79 Å². The van der Waals surface area contributed by atoms with Crippen LogP contribution in [-0.2, 0) is 14.6 Å². The van der Waals surface area contributed by atoms with Crippen LogP contribution in [-0.4, -0.2) is 39.2 Å². The monoisotopic (exact) mass is 378 g/mol. The van der Waals surface area contributed by atoms with E-state index >= 15 is 0 Å². The van der Waals surface area contributed by atoms with Crippen molar-refractivity contribution in [2.45, 2.75) is 31.2 Å². The van der Waals surface area contributed by atoms with Crippen LogP contribution in [0.25, 0.3) is 0 Å². The standard InChI is InChI=1S/C16H23FN2O3S.ClH/c1-11-9-18-8-7-15(11)19-16(20)12(2)10-23(21,22)14-5-3-13(17)4-6-14;/h3-6,11-12,15,18H,7-10H2,1-2H3,(H,19,20);1H. The number of amides is 1. The number of rotatable bonds is 5. The minimum absolute atomic E-state index is 0. The molecular weight excluding hydrogens is 355 g/mol. The normalized spacial score (nSPS) is 22.3. The summed E-state index contributed by atoms with van der Waals surface area (Å²) in [5.74, 6) is -1.38. The third kappa shape index (κ3) is 5.43. The van der Waals surface area contributed by atoms with Gasteiger partial charge in [0.2, 0.25) is 5.91 Å². The molecule has 1 aliphatic rings. The number of halogens is 2. The van der Waals surface area contributed by atoms with E-state index in [0.717, 1.165) is 31.6 Å². The van der Waals surface area contributed by atoms with E-state index in [-0.39, 0.29) is 35.0 Å². The molecule has 1 fully saturated rings. The first-order valence-electron chi connectivity index (χ1n) is 7.79. The molecule has 136 valence electrons. The lowest BCUT2D eigenvalue weighted by atomic mass is 9.95. The minimum Gasteiger partial charge on any atom is -0.353 e. The zero-order valence-corrected chi connectivity index (χ0v) is 15.4. The summed E-state index contributed by atoms with van der Waals surface area (Å²) in [6, 6.07) is 4.73. The van der Waals surface area contributed by atoms with Crippen LogP contribution in [0.2, 0.25) is 0 Å². The van der Waals surface area contributed by atoms with Gasteiger partial charge in [-0.05, 0) is 49.7 Å². The Hall–Kier alpha value is -1.18. The summed E-state index contributed by atoms with van der Waals surface area (Å²) in [7, 11) is -3.62. The minimum atomic E-state index is -3.62. The molecule has 1 aromatic rings. The van der Waals surface area contributed by atoms with Crippen molar-refractivity contribution in [2.24, 2.45) is 11.8 Å². The molecule has 0 radical (unpaired) electrons. The predicted octanol–water partition coefficient (Wildman–Crippen LogP) is 1.77. The zero-order chi connectivity index (χ0) is 17.0. The van der Waals surface area contributed by atoms with Crippen LogP contribution in [0.5, 0.6) is 0 Å². The van der Waals surface area contributed by atoms with Gasteiger partial charge in [0.1, 0.15) is 5.82 Å². The van der Waals surface area contributed by atoms with Crippen molar-refractivity contribution in [3.63, 3.8) is 0 Å². The molecule has 5 nitrogen and oxygen atoms in total. The quantitative estimate of drug-likeness (QED) is 0.766. The molecule has 1 heterocycles. The SMILES string of the molecule is CC(CS(=O)(=O)c1ccc(F)cc1)C(=O)NC1CCNCC1C.Cl. The number of hydrogen-bond acceptors (Lipinski definition) is 4. The fourth-order valence-electron chi connectivity index (χ4n) is 2.70. The number of piperidine rings is 1. The summed E-state index contributed by atoms with van der Waals surface area (Å²) in [6.45, 7) is 5.34. The van der Waals surface area contributed by atoms with Gasteiger partial charge in [-0.25, -0.2) is 12.8 Å². The van der Waals surface area contributed by atoms with Gasteiger partial charge in [0.25, 0.3) is 0 Å². The van der Waals surface area contributed by atoms with Crippen molar-refractivity contribution in [3.05, 3.63) is 30.1 Å². The molecule has 0 aliphatic carbocycles. The van der Waals surface area contributed by atoms with Crippen LogP contribution in [0.3, 0.4) is 0 Å². The van der Waals surface area contributed by atoms with Gasteiger partial charge in [-0.15, -0.1) is 12.4 Å². The lowest BCUT2D eigenvalue weighted by molar-refractivity contribution is -0.125. The maximum Gasteiger partial charge on any atom is 0.224 e. The third-order valence-corrected chi connectivity index (χ3v) is 6.13. The Morgan fingerprint density at radius 2 is 2.00 bits per heavy atom. The van der Waals surface area contributed by atoms with E-state index in [1.54, 1.807) is 6.92 Å². The van der Waals surface area contributed by atoms with Gasteiger partial charge >= 0.3 is 0 Å². The Balaban J connectivity index is 0.00000288. The van der Waals surface area contributed by atoms with Crippen LogP contribution >= 0.6 is 12.4 Å².